The summed E-state index contributed by atoms with van der Waals surface area (Å²) in [7, 11) is 0. The monoisotopic (exact) mass is 209 g/mol. The lowest BCUT2D eigenvalue weighted by Gasteiger charge is -2.03. The second-order valence-corrected chi connectivity index (χ2v) is 3.71. The van der Waals surface area contributed by atoms with Crippen LogP contribution in [0.5, 0.6) is 0 Å². The van der Waals surface area contributed by atoms with E-state index in [4.69, 9.17) is 0 Å². The Morgan fingerprint density at radius 2 is 2.20 bits per heavy atom. The van der Waals surface area contributed by atoms with Crippen LogP contribution in [-0.4, -0.2) is 12.6 Å². The molecule has 2 rings (SSSR count). The Morgan fingerprint density at radius 1 is 1.33 bits per heavy atom. The van der Waals surface area contributed by atoms with Crippen molar-refractivity contribution in [1.82, 2.24) is 5.32 Å². The summed E-state index contributed by atoms with van der Waals surface area (Å²) >= 11 is 0. The topological polar surface area (TPSA) is 12.0 Å². The van der Waals surface area contributed by atoms with Crippen molar-refractivity contribution < 1.29 is 8.78 Å². The molecule has 80 valence electrons. The fraction of sp³-hybridized carbons (Fsp3) is 0.333. The third kappa shape index (κ3) is 2.42. The van der Waals surface area contributed by atoms with Crippen LogP contribution in [0.1, 0.15) is 18.4 Å². The summed E-state index contributed by atoms with van der Waals surface area (Å²) in [5, 5.41) is 3.26. The summed E-state index contributed by atoms with van der Waals surface area (Å²) in [6.45, 7) is 1.00. The fourth-order valence-corrected chi connectivity index (χ4v) is 1.74. The van der Waals surface area contributed by atoms with Gasteiger partial charge >= 0.3 is 0 Å². The molecular weight excluding hydrogens is 196 g/mol. The second kappa shape index (κ2) is 4.53. The highest BCUT2D eigenvalue weighted by Gasteiger charge is 2.10. The molecule has 0 bridgehead atoms. The quantitative estimate of drug-likeness (QED) is 0.789. The van der Waals surface area contributed by atoms with Gasteiger partial charge in [0.15, 0.2) is 11.6 Å². The average Bonchev–Trinajstić information content (AvgIpc) is 2.73. The van der Waals surface area contributed by atoms with Crippen LogP contribution in [0.3, 0.4) is 0 Å². The van der Waals surface area contributed by atoms with Gasteiger partial charge < -0.3 is 5.32 Å². The van der Waals surface area contributed by atoms with E-state index in [9.17, 15) is 8.78 Å². The van der Waals surface area contributed by atoms with E-state index >= 15 is 0 Å². The van der Waals surface area contributed by atoms with Crippen molar-refractivity contribution in [3.63, 3.8) is 0 Å². The van der Waals surface area contributed by atoms with Crippen molar-refractivity contribution in [3.05, 3.63) is 41.5 Å². The predicted molar refractivity (Wildman–Crippen MR) is 56.4 cm³/mol. The first-order chi connectivity index (χ1) is 7.27. The molecule has 1 N–H and O–H groups in total. The van der Waals surface area contributed by atoms with Crippen LogP contribution >= 0.6 is 0 Å². The molecule has 1 aromatic rings. The van der Waals surface area contributed by atoms with Gasteiger partial charge in [0.25, 0.3) is 0 Å². The van der Waals surface area contributed by atoms with Crippen molar-refractivity contribution in [1.29, 1.82) is 0 Å². The van der Waals surface area contributed by atoms with Gasteiger partial charge in [-0.05, 0) is 25.5 Å². The number of halogens is 2. The van der Waals surface area contributed by atoms with E-state index in [0.29, 0.717) is 11.6 Å². The molecule has 1 nitrogen and oxygen atoms in total. The van der Waals surface area contributed by atoms with E-state index in [0.717, 1.165) is 25.5 Å². The molecule has 0 amide bonds. The van der Waals surface area contributed by atoms with Crippen LogP contribution in [0.4, 0.5) is 8.78 Å². The SMILES string of the molecule is Fc1cccc(/C=C/C2CCCN2)c1F. The number of hydrogen-bond acceptors (Lipinski definition) is 1. The van der Waals surface area contributed by atoms with Crippen molar-refractivity contribution in [3.8, 4) is 0 Å². The summed E-state index contributed by atoms with van der Waals surface area (Å²) in [6.07, 6.45) is 5.74. The molecule has 1 saturated heterocycles. The zero-order valence-corrected chi connectivity index (χ0v) is 8.34. The Balaban J connectivity index is 2.12. The molecule has 0 spiro atoms. The lowest BCUT2D eigenvalue weighted by atomic mass is 10.1. The highest BCUT2D eigenvalue weighted by atomic mass is 19.2. The van der Waals surface area contributed by atoms with E-state index in [2.05, 4.69) is 5.32 Å². The van der Waals surface area contributed by atoms with E-state index in [1.165, 1.54) is 6.07 Å². The van der Waals surface area contributed by atoms with E-state index < -0.39 is 11.6 Å². The standard InChI is InChI=1S/C12H13F2N/c13-11-5-1-3-9(12(11)14)6-7-10-4-2-8-15-10/h1,3,5-7,10,15H,2,4,8H2/b7-6+. The first-order valence-electron chi connectivity index (χ1n) is 5.13. The molecular formula is C12H13F2N. The van der Waals surface area contributed by atoms with Gasteiger partial charge in [0.05, 0.1) is 0 Å². The smallest absolute Gasteiger partial charge is 0.166 e. The highest BCUT2D eigenvalue weighted by Crippen LogP contribution is 2.14. The Kier molecular flexibility index (Phi) is 3.11. The number of rotatable bonds is 2. The minimum atomic E-state index is -0.795. The first-order valence-corrected chi connectivity index (χ1v) is 5.13. The van der Waals surface area contributed by atoms with Crippen molar-refractivity contribution >= 4 is 6.08 Å². The molecule has 1 atom stereocenters. The molecule has 1 aliphatic heterocycles. The summed E-state index contributed by atoms with van der Waals surface area (Å²) < 4.78 is 26.1. The molecule has 0 aliphatic carbocycles. The first kappa shape index (κ1) is 10.3. The van der Waals surface area contributed by atoms with Gasteiger partial charge in [-0.1, -0.05) is 24.3 Å². The fourth-order valence-electron chi connectivity index (χ4n) is 1.74. The molecule has 3 heteroatoms. The molecule has 15 heavy (non-hydrogen) atoms. The van der Waals surface area contributed by atoms with Gasteiger partial charge in [-0.15, -0.1) is 0 Å². The zero-order chi connectivity index (χ0) is 10.7. The maximum Gasteiger partial charge on any atom is 0.166 e. The number of nitrogens with one attached hydrogen (secondary N) is 1. The lowest BCUT2D eigenvalue weighted by molar-refractivity contribution is 0.507. The third-order valence-electron chi connectivity index (χ3n) is 2.59. The Morgan fingerprint density at radius 3 is 2.93 bits per heavy atom. The highest BCUT2D eigenvalue weighted by molar-refractivity contribution is 5.50. The molecule has 1 heterocycles. The molecule has 1 fully saturated rings. The number of hydrogen-bond donors (Lipinski definition) is 1. The largest absolute Gasteiger partial charge is 0.311 e. The second-order valence-electron chi connectivity index (χ2n) is 3.71. The van der Waals surface area contributed by atoms with Crippen LogP contribution in [0, 0.1) is 11.6 Å². The van der Waals surface area contributed by atoms with Crippen molar-refractivity contribution in [2.75, 3.05) is 6.54 Å². The van der Waals surface area contributed by atoms with Gasteiger partial charge in [0.1, 0.15) is 0 Å². The Hall–Kier alpha value is -1.22. The Labute approximate surface area is 87.8 Å². The van der Waals surface area contributed by atoms with Crippen LogP contribution in [0.25, 0.3) is 6.08 Å². The minimum Gasteiger partial charge on any atom is -0.311 e. The van der Waals surface area contributed by atoms with Gasteiger partial charge in [0.2, 0.25) is 0 Å². The van der Waals surface area contributed by atoms with Crippen LogP contribution in [0.15, 0.2) is 24.3 Å². The summed E-state index contributed by atoms with van der Waals surface area (Å²) in [5.41, 5.74) is 0.309. The predicted octanol–water partition coefficient (Wildman–Crippen LogP) is 2.73. The van der Waals surface area contributed by atoms with Gasteiger partial charge in [-0.25, -0.2) is 8.78 Å². The van der Waals surface area contributed by atoms with Gasteiger partial charge in [-0.2, -0.15) is 0 Å². The summed E-state index contributed by atoms with van der Waals surface area (Å²) in [5.74, 6) is -1.57. The summed E-state index contributed by atoms with van der Waals surface area (Å²) in [4.78, 5) is 0. The molecule has 1 aliphatic rings. The Bertz CT molecular complexity index is 368. The average molecular weight is 209 g/mol. The van der Waals surface area contributed by atoms with Crippen LogP contribution in [-0.2, 0) is 0 Å². The molecule has 0 saturated carbocycles. The lowest BCUT2D eigenvalue weighted by Crippen LogP contribution is -2.18. The van der Waals surface area contributed by atoms with Crippen molar-refractivity contribution in [2.24, 2.45) is 0 Å². The third-order valence-corrected chi connectivity index (χ3v) is 2.59. The molecule has 0 radical (unpaired) electrons. The van der Waals surface area contributed by atoms with Crippen LogP contribution in [0.2, 0.25) is 0 Å². The molecule has 0 aromatic heterocycles. The molecule has 1 unspecified atom stereocenters. The van der Waals surface area contributed by atoms with Gasteiger partial charge in [0, 0.05) is 11.6 Å². The summed E-state index contributed by atoms with van der Waals surface area (Å²) in [6, 6.07) is 4.51. The molecule has 1 aromatic carbocycles. The maximum atomic E-state index is 13.2. The normalized spacial score (nSPS) is 21.3. The minimum absolute atomic E-state index is 0.299. The van der Waals surface area contributed by atoms with Crippen LogP contribution < -0.4 is 5.32 Å². The van der Waals surface area contributed by atoms with E-state index in [1.54, 1.807) is 12.1 Å². The van der Waals surface area contributed by atoms with Crippen molar-refractivity contribution in [2.45, 2.75) is 18.9 Å². The zero-order valence-electron chi connectivity index (χ0n) is 8.34. The van der Waals surface area contributed by atoms with Gasteiger partial charge in [-0.3, -0.25) is 0 Å². The van der Waals surface area contributed by atoms with E-state index in [-0.39, 0.29) is 0 Å². The van der Waals surface area contributed by atoms with E-state index in [1.807, 2.05) is 6.08 Å². The maximum absolute atomic E-state index is 13.2. The number of benzene rings is 1.